The lowest BCUT2D eigenvalue weighted by atomic mass is 10.0. The van der Waals surface area contributed by atoms with Crippen LogP contribution in [0.25, 0.3) is 5.65 Å². The summed E-state index contributed by atoms with van der Waals surface area (Å²) in [5.74, 6) is 2.17. The molecule has 0 aliphatic carbocycles. The molecule has 9 nitrogen and oxygen atoms in total. The number of hydrogen-bond acceptors (Lipinski definition) is 7. The number of hydrogen-bond donors (Lipinski definition) is 0. The van der Waals surface area contributed by atoms with Crippen molar-refractivity contribution < 1.29 is 9.53 Å². The van der Waals surface area contributed by atoms with Crippen molar-refractivity contribution in [3.63, 3.8) is 0 Å². The van der Waals surface area contributed by atoms with Crippen LogP contribution in [0.5, 0.6) is 5.88 Å². The van der Waals surface area contributed by atoms with E-state index in [1.807, 2.05) is 17.0 Å². The van der Waals surface area contributed by atoms with Gasteiger partial charge >= 0.3 is 0 Å². The quantitative estimate of drug-likeness (QED) is 0.676. The maximum Gasteiger partial charge on any atom is 0.259 e. The molecule has 5 heterocycles. The number of aromatic nitrogens is 5. The number of fused-ring (bicyclic) bond motifs is 2. The van der Waals surface area contributed by atoms with Gasteiger partial charge in [0.05, 0.1) is 7.11 Å². The van der Waals surface area contributed by atoms with Crippen LogP contribution in [-0.4, -0.2) is 68.9 Å². The molecule has 2 atom stereocenters. The fourth-order valence-corrected chi connectivity index (χ4v) is 4.12. The van der Waals surface area contributed by atoms with Gasteiger partial charge in [-0.1, -0.05) is 0 Å². The van der Waals surface area contributed by atoms with E-state index in [1.54, 1.807) is 29.2 Å². The average Bonchev–Trinajstić information content (AvgIpc) is 3.40. The fraction of sp³-hybridized carbons (Fsp3) is 0.389. The molecule has 0 aromatic carbocycles. The van der Waals surface area contributed by atoms with Crippen molar-refractivity contribution in [3.05, 3.63) is 42.4 Å². The van der Waals surface area contributed by atoms with Crippen LogP contribution >= 0.6 is 0 Å². The maximum absolute atomic E-state index is 12.9. The van der Waals surface area contributed by atoms with E-state index >= 15 is 0 Å². The minimum atomic E-state index is -0.00932. The second kappa shape index (κ2) is 6.19. The SMILES string of the molecule is COc1ncccc1C(=O)N1CC2CN(c3ccc4nncn4n3)CC2C1. The Bertz CT molecular complexity index is 990. The molecule has 2 aliphatic heterocycles. The Kier molecular flexibility index (Phi) is 3.66. The van der Waals surface area contributed by atoms with Gasteiger partial charge in [0, 0.05) is 44.2 Å². The van der Waals surface area contributed by atoms with Gasteiger partial charge in [0.1, 0.15) is 17.7 Å². The number of ether oxygens (including phenoxy) is 1. The van der Waals surface area contributed by atoms with Crippen molar-refractivity contribution in [1.29, 1.82) is 0 Å². The summed E-state index contributed by atoms with van der Waals surface area (Å²) in [6.07, 6.45) is 3.24. The number of methoxy groups -OCH3 is 1. The van der Waals surface area contributed by atoms with E-state index in [2.05, 4.69) is 25.2 Å². The summed E-state index contributed by atoms with van der Waals surface area (Å²) in [7, 11) is 1.54. The van der Waals surface area contributed by atoms with Crippen LogP contribution in [-0.2, 0) is 0 Å². The minimum absolute atomic E-state index is 0.00932. The summed E-state index contributed by atoms with van der Waals surface area (Å²) in [5, 5.41) is 12.4. The summed E-state index contributed by atoms with van der Waals surface area (Å²) in [4.78, 5) is 21.2. The monoisotopic (exact) mass is 365 g/mol. The van der Waals surface area contributed by atoms with Crippen LogP contribution < -0.4 is 9.64 Å². The third kappa shape index (κ3) is 2.66. The third-order valence-electron chi connectivity index (χ3n) is 5.44. The lowest BCUT2D eigenvalue weighted by Crippen LogP contribution is -2.33. The van der Waals surface area contributed by atoms with E-state index in [1.165, 1.54) is 7.11 Å². The first-order valence-corrected chi connectivity index (χ1v) is 8.93. The highest BCUT2D eigenvalue weighted by Gasteiger charge is 2.42. The predicted octanol–water partition coefficient (Wildman–Crippen LogP) is 0.736. The highest BCUT2D eigenvalue weighted by atomic mass is 16.5. The molecule has 5 rings (SSSR count). The predicted molar refractivity (Wildman–Crippen MR) is 96.7 cm³/mol. The van der Waals surface area contributed by atoms with Gasteiger partial charge in [-0.05, 0) is 24.3 Å². The Morgan fingerprint density at radius 2 is 1.96 bits per heavy atom. The Morgan fingerprint density at radius 3 is 2.74 bits per heavy atom. The Balaban J connectivity index is 1.30. The van der Waals surface area contributed by atoms with Gasteiger partial charge in [0.25, 0.3) is 5.91 Å². The van der Waals surface area contributed by atoms with Crippen molar-refractivity contribution >= 4 is 17.4 Å². The smallest absolute Gasteiger partial charge is 0.259 e. The van der Waals surface area contributed by atoms with Crippen LogP contribution in [0.2, 0.25) is 0 Å². The number of amides is 1. The maximum atomic E-state index is 12.9. The van der Waals surface area contributed by atoms with E-state index in [0.717, 1.165) is 37.6 Å². The molecular formula is C18H19N7O2. The number of carbonyl (C=O) groups is 1. The highest BCUT2D eigenvalue weighted by Crippen LogP contribution is 2.34. The van der Waals surface area contributed by atoms with Crippen molar-refractivity contribution in [2.75, 3.05) is 38.2 Å². The van der Waals surface area contributed by atoms with E-state index in [4.69, 9.17) is 4.74 Å². The molecule has 1 amide bonds. The molecule has 138 valence electrons. The van der Waals surface area contributed by atoms with E-state index in [-0.39, 0.29) is 5.91 Å². The van der Waals surface area contributed by atoms with Crippen molar-refractivity contribution in [2.24, 2.45) is 11.8 Å². The van der Waals surface area contributed by atoms with Gasteiger partial charge in [-0.3, -0.25) is 4.79 Å². The molecule has 9 heteroatoms. The molecular weight excluding hydrogens is 346 g/mol. The Labute approximate surface area is 155 Å². The van der Waals surface area contributed by atoms with E-state index in [9.17, 15) is 4.79 Å². The van der Waals surface area contributed by atoms with Crippen LogP contribution in [0.15, 0.2) is 36.8 Å². The van der Waals surface area contributed by atoms with Crippen LogP contribution in [0, 0.1) is 11.8 Å². The summed E-state index contributed by atoms with van der Waals surface area (Å²) >= 11 is 0. The summed E-state index contributed by atoms with van der Waals surface area (Å²) in [6.45, 7) is 3.26. The van der Waals surface area contributed by atoms with Crippen LogP contribution in [0.1, 0.15) is 10.4 Å². The number of likely N-dealkylation sites (tertiary alicyclic amines) is 1. The number of rotatable bonds is 3. The zero-order chi connectivity index (χ0) is 18.4. The highest BCUT2D eigenvalue weighted by molar-refractivity contribution is 5.96. The molecule has 27 heavy (non-hydrogen) atoms. The molecule has 2 aliphatic rings. The summed E-state index contributed by atoms with van der Waals surface area (Å²) in [5.41, 5.74) is 1.26. The van der Waals surface area contributed by atoms with Gasteiger partial charge in [0.15, 0.2) is 5.65 Å². The van der Waals surface area contributed by atoms with Crippen molar-refractivity contribution in [1.82, 2.24) is 29.7 Å². The van der Waals surface area contributed by atoms with E-state index < -0.39 is 0 Å². The van der Waals surface area contributed by atoms with Crippen LogP contribution in [0.4, 0.5) is 5.82 Å². The number of carbonyl (C=O) groups excluding carboxylic acids is 1. The first-order valence-electron chi connectivity index (χ1n) is 8.93. The second-order valence-electron chi connectivity index (χ2n) is 7.02. The molecule has 3 aromatic rings. The first kappa shape index (κ1) is 16.0. The standard InChI is InChI=1S/C18H19N7O2/c1-27-17-14(3-2-6-19-17)18(26)24-9-12-7-23(8-13(12)10-24)16-5-4-15-21-20-11-25(15)22-16/h2-6,11-13H,7-10H2,1H3. The fourth-order valence-electron chi connectivity index (χ4n) is 4.12. The van der Waals surface area contributed by atoms with Gasteiger partial charge in [-0.2, -0.15) is 4.52 Å². The normalized spacial score (nSPS) is 21.7. The summed E-state index contributed by atoms with van der Waals surface area (Å²) < 4.78 is 6.92. The Morgan fingerprint density at radius 1 is 1.15 bits per heavy atom. The number of nitrogens with zero attached hydrogens (tertiary/aromatic N) is 7. The zero-order valence-corrected chi connectivity index (χ0v) is 14.9. The first-order chi connectivity index (χ1) is 13.2. The van der Waals surface area contributed by atoms with E-state index in [0.29, 0.717) is 23.3 Å². The van der Waals surface area contributed by atoms with Gasteiger partial charge in [-0.25, -0.2) is 4.98 Å². The largest absolute Gasteiger partial charge is 0.480 e. The second-order valence-corrected chi connectivity index (χ2v) is 7.02. The van der Waals surface area contributed by atoms with Crippen molar-refractivity contribution in [2.45, 2.75) is 0 Å². The topological polar surface area (TPSA) is 88.8 Å². The molecule has 0 N–H and O–H groups in total. The molecule has 2 saturated heterocycles. The minimum Gasteiger partial charge on any atom is -0.480 e. The average molecular weight is 365 g/mol. The molecule has 3 aromatic heterocycles. The molecule has 0 spiro atoms. The van der Waals surface area contributed by atoms with Gasteiger partial charge in [0.2, 0.25) is 5.88 Å². The summed E-state index contributed by atoms with van der Waals surface area (Å²) in [6, 6.07) is 7.44. The third-order valence-corrected chi connectivity index (χ3v) is 5.44. The lowest BCUT2D eigenvalue weighted by molar-refractivity contribution is 0.0778. The Hall–Kier alpha value is -3.23. The van der Waals surface area contributed by atoms with Gasteiger partial charge < -0.3 is 14.5 Å². The molecule has 0 radical (unpaired) electrons. The van der Waals surface area contributed by atoms with Gasteiger partial charge in [-0.15, -0.1) is 15.3 Å². The van der Waals surface area contributed by atoms with Crippen molar-refractivity contribution in [3.8, 4) is 5.88 Å². The zero-order valence-electron chi connectivity index (χ0n) is 14.9. The number of anilines is 1. The van der Waals surface area contributed by atoms with Crippen LogP contribution in [0.3, 0.4) is 0 Å². The lowest BCUT2D eigenvalue weighted by Gasteiger charge is -2.22. The molecule has 0 bridgehead atoms. The number of pyridine rings is 1. The molecule has 2 fully saturated rings. The molecule has 0 saturated carbocycles. The molecule has 2 unspecified atom stereocenters.